The summed E-state index contributed by atoms with van der Waals surface area (Å²) in [5, 5.41) is 0. The summed E-state index contributed by atoms with van der Waals surface area (Å²) >= 11 is 0. The summed E-state index contributed by atoms with van der Waals surface area (Å²) in [6, 6.07) is 26.4. The second kappa shape index (κ2) is 8.83. The Bertz CT molecular complexity index is 1160. The predicted molar refractivity (Wildman–Crippen MR) is 119 cm³/mol. The molecule has 0 aliphatic heterocycles. The van der Waals surface area contributed by atoms with Crippen molar-refractivity contribution in [1.82, 2.24) is 4.98 Å². The molecule has 0 aliphatic rings. The summed E-state index contributed by atoms with van der Waals surface area (Å²) in [4.78, 5) is 16.8. The molecule has 3 aromatic carbocycles. The first-order chi connectivity index (χ1) is 14.6. The smallest absolute Gasteiger partial charge is 0.141 e. The van der Waals surface area contributed by atoms with Gasteiger partial charge in [0.25, 0.3) is 0 Å². The first-order valence-electron chi connectivity index (χ1n) is 9.95. The summed E-state index contributed by atoms with van der Waals surface area (Å²) in [5.74, 6) is -0.0890. The van der Waals surface area contributed by atoms with Crippen LogP contribution in [0.25, 0.3) is 22.3 Å². The maximum absolute atomic E-state index is 13.2. The normalized spacial score (nSPS) is 10.7. The molecule has 4 rings (SSSR count). The summed E-state index contributed by atoms with van der Waals surface area (Å²) in [7, 11) is 0. The largest absolute Gasteiger partial charge is 0.299 e. The molecule has 4 aromatic rings. The SMILES string of the molecule is Cc1cc(-c2ccc(CC(=O)Cc3cccc(-c4ccc(F)cc4)c3)cc2)ccn1. The maximum atomic E-state index is 13.2. The number of aromatic nitrogens is 1. The number of pyridine rings is 1. The molecule has 0 atom stereocenters. The first kappa shape index (κ1) is 19.7. The van der Waals surface area contributed by atoms with Crippen molar-refractivity contribution >= 4 is 5.78 Å². The molecule has 0 unspecified atom stereocenters. The fraction of sp³-hybridized carbons (Fsp3) is 0.111. The predicted octanol–water partition coefficient (Wildman–Crippen LogP) is 6.22. The quantitative estimate of drug-likeness (QED) is 0.388. The van der Waals surface area contributed by atoms with Gasteiger partial charge in [0.2, 0.25) is 0 Å². The van der Waals surface area contributed by atoms with Crippen molar-refractivity contribution in [3.05, 3.63) is 114 Å². The van der Waals surface area contributed by atoms with Crippen molar-refractivity contribution in [1.29, 1.82) is 0 Å². The van der Waals surface area contributed by atoms with Crippen LogP contribution in [0.1, 0.15) is 16.8 Å². The van der Waals surface area contributed by atoms with Gasteiger partial charge in [-0.05, 0) is 64.6 Å². The van der Waals surface area contributed by atoms with Gasteiger partial charge in [0.15, 0.2) is 0 Å². The average molecular weight is 395 g/mol. The molecule has 148 valence electrons. The molecular weight excluding hydrogens is 373 g/mol. The van der Waals surface area contributed by atoms with Crippen molar-refractivity contribution in [2.45, 2.75) is 19.8 Å². The minimum absolute atomic E-state index is 0.166. The van der Waals surface area contributed by atoms with Gasteiger partial charge >= 0.3 is 0 Å². The molecule has 2 nitrogen and oxygen atoms in total. The number of benzene rings is 3. The van der Waals surface area contributed by atoms with Crippen molar-refractivity contribution in [2.75, 3.05) is 0 Å². The highest BCUT2D eigenvalue weighted by Crippen LogP contribution is 2.22. The Balaban J connectivity index is 1.42. The molecule has 0 saturated carbocycles. The van der Waals surface area contributed by atoms with E-state index < -0.39 is 0 Å². The molecule has 0 radical (unpaired) electrons. The highest BCUT2D eigenvalue weighted by Gasteiger charge is 2.08. The van der Waals surface area contributed by atoms with Crippen molar-refractivity contribution in [2.24, 2.45) is 0 Å². The Morgan fingerprint density at radius 2 is 1.37 bits per heavy atom. The Labute approximate surface area is 176 Å². The fourth-order valence-electron chi connectivity index (χ4n) is 3.56. The van der Waals surface area contributed by atoms with Crippen molar-refractivity contribution in [3.8, 4) is 22.3 Å². The Kier molecular flexibility index (Phi) is 5.80. The van der Waals surface area contributed by atoms with Crippen LogP contribution in [-0.2, 0) is 17.6 Å². The van der Waals surface area contributed by atoms with Gasteiger partial charge in [-0.3, -0.25) is 9.78 Å². The summed E-state index contributed by atoms with van der Waals surface area (Å²) < 4.78 is 13.2. The maximum Gasteiger partial charge on any atom is 0.141 e. The van der Waals surface area contributed by atoms with Crippen LogP contribution in [0, 0.1) is 12.7 Å². The molecule has 0 bridgehead atoms. The molecule has 0 N–H and O–H groups in total. The lowest BCUT2D eigenvalue weighted by atomic mass is 9.97. The van der Waals surface area contributed by atoms with Crippen LogP contribution in [0.4, 0.5) is 4.39 Å². The number of halogens is 1. The zero-order chi connectivity index (χ0) is 20.9. The highest BCUT2D eigenvalue weighted by molar-refractivity contribution is 5.83. The lowest BCUT2D eigenvalue weighted by molar-refractivity contribution is -0.117. The molecule has 0 amide bonds. The Morgan fingerprint density at radius 3 is 2.07 bits per heavy atom. The first-order valence-corrected chi connectivity index (χ1v) is 9.95. The molecule has 3 heteroatoms. The zero-order valence-corrected chi connectivity index (χ0v) is 16.8. The van der Waals surface area contributed by atoms with E-state index in [2.05, 4.69) is 4.98 Å². The molecule has 1 heterocycles. The van der Waals surface area contributed by atoms with Gasteiger partial charge < -0.3 is 0 Å². The third-order valence-corrected chi connectivity index (χ3v) is 5.09. The minimum atomic E-state index is -0.254. The van der Waals surface area contributed by atoms with Crippen LogP contribution in [-0.4, -0.2) is 10.8 Å². The summed E-state index contributed by atoms with van der Waals surface area (Å²) in [6.07, 6.45) is 2.58. The minimum Gasteiger partial charge on any atom is -0.299 e. The monoisotopic (exact) mass is 395 g/mol. The summed E-state index contributed by atoms with van der Waals surface area (Å²) in [5.41, 5.74) is 7.11. The lowest BCUT2D eigenvalue weighted by Crippen LogP contribution is -2.06. The van der Waals surface area contributed by atoms with E-state index in [1.54, 1.807) is 12.1 Å². The number of carbonyl (C=O) groups excluding carboxylic acids is 1. The molecule has 0 fully saturated rings. The van der Waals surface area contributed by atoms with E-state index in [4.69, 9.17) is 0 Å². The molecule has 30 heavy (non-hydrogen) atoms. The van der Waals surface area contributed by atoms with Gasteiger partial charge in [-0.1, -0.05) is 60.7 Å². The Hall–Kier alpha value is -3.59. The van der Waals surface area contributed by atoms with Gasteiger partial charge in [-0.15, -0.1) is 0 Å². The van der Waals surface area contributed by atoms with E-state index >= 15 is 0 Å². The topological polar surface area (TPSA) is 30.0 Å². The number of nitrogens with zero attached hydrogens (tertiary/aromatic N) is 1. The van der Waals surface area contributed by atoms with E-state index in [-0.39, 0.29) is 11.6 Å². The number of hydrogen-bond acceptors (Lipinski definition) is 2. The van der Waals surface area contributed by atoms with Crippen molar-refractivity contribution in [3.63, 3.8) is 0 Å². The second-order valence-corrected chi connectivity index (χ2v) is 7.48. The number of ketones is 1. The number of aryl methyl sites for hydroxylation is 1. The van der Waals surface area contributed by atoms with Gasteiger partial charge in [0.05, 0.1) is 0 Å². The van der Waals surface area contributed by atoms with Gasteiger partial charge in [-0.2, -0.15) is 0 Å². The van der Waals surface area contributed by atoms with E-state index in [0.717, 1.165) is 39.1 Å². The van der Waals surface area contributed by atoms with E-state index in [0.29, 0.717) is 12.8 Å². The third kappa shape index (κ3) is 4.87. The third-order valence-electron chi connectivity index (χ3n) is 5.09. The van der Waals surface area contributed by atoms with Crippen LogP contribution in [0.15, 0.2) is 91.1 Å². The van der Waals surface area contributed by atoms with Crippen LogP contribution >= 0.6 is 0 Å². The second-order valence-electron chi connectivity index (χ2n) is 7.48. The Morgan fingerprint density at radius 1 is 0.733 bits per heavy atom. The van der Waals surface area contributed by atoms with Crippen LogP contribution in [0.2, 0.25) is 0 Å². The summed E-state index contributed by atoms with van der Waals surface area (Å²) in [6.45, 7) is 1.97. The standard InChI is InChI=1S/C27H22FNO/c1-19-15-25(13-14-29-19)22-7-5-20(6-8-22)17-27(30)18-21-3-2-4-24(16-21)23-9-11-26(28)12-10-23/h2-16H,17-18H2,1H3. The van der Waals surface area contributed by atoms with Crippen LogP contribution in [0.5, 0.6) is 0 Å². The number of Topliss-reactive ketones (excluding diaryl/α,β-unsaturated/α-hetero) is 1. The number of carbonyl (C=O) groups is 1. The molecule has 0 saturated heterocycles. The highest BCUT2D eigenvalue weighted by atomic mass is 19.1. The zero-order valence-electron chi connectivity index (χ0n) is 16.8. The van der Waals surface area contributed by atoms with Gasteiger partial charge in [0.1, 0.15) is 11.6 Å². The van der Waals surface area contributed by atoms with Gasteiger partial charge in [-0.25, -0.2) is 4.39 Å². The van der Waals surface area contributed by atoms with E-state index in [1.165, 1.54) is 12.1 Å². The molecule has 0 aliphatic carbocycles. The molecule has 0 spiro atoms. The molecule has 1 aromatic heterocycles. The van der Waals surface area contributed by atoms with E-state index in [1.807, 2.05) is 73.8 Å². The number of rotatable bonds is 6. The number of hydrogen-bond donors (Lipinski definition) is 0. The fourth-order valence-corrected chi connectivity index (χ4v) is 3.56. The molecular formula is C27H22FNO. The lowest BCUT2D eigenvalue weighted by Gasteiger charge is -2.07. The van der Waals surface area contributed by atoms with Crippen molar-refractivity contribution < 1.29 is 9.18 Å². The van der Waals surface area contributed by atoms with Gasteiger partial charge in [0, 0.05) is 24.7 Å². The van der Waals surface area contributed by atoms with Crippen LogP contribution < -0.4 is 0 Å². The van der Waals surface area contributed by atoms with E-state index in [9.17, 15) is 9.18 Å². The average Bonchev–Trinajstić information content (AvgIpc) is 2.75. The van der Waals surface area contributed by atoms with Crippen LogP contribution in [0.3, 0.4) is 0 Å².